The number of nitrogens with one attached hydrogen (secondary N) is 1. The molecule has 0 unspecified atom stereocenters. The lowest BCUT2D eigenvalue weighted by Gasteiger charge is -2.13. The first kappa shape index (κ1) is 10.1. The second kappa shape index (κ2) is 3.99. The van der Waals surface area contributed by atoms with Crippen LogP contribution in [0.4, 0.5) is 0 Å². The van der Waals surface area contributed by atoms with Crippen LogP contribution in [0, 0.1) is 0 Å². The first-order chi connectivity index (χ1) is 6.76. The molecule has 1 saturated carbocycles. The zero-order valence-electron chi connectivity index (χ0n) is 8.92. The third-order valence-corrected chi connectivity index (χ3v) is 4.46. The summed E-state index contributed by atoms with van der Waals surface area (Å²) >= 11 is 2.01. The van der Waals surface area contributed by atoms with Crippen LogP contribution < -0.4 is 5.32 Å². The average Bonchev–Trinajstić information content (AvgIpc) is 2.86. The minimum atomic E-state index is 0.575. The SMILES string of the molecule is CSC1(CNCc2cccn2C)CC1. The maximum absolute atomic E-state index is 3.54. The molecule has 1 fully saturated rings. The van der Waals surface area contributed by atoms with Gasteiger partial charge >= 0.3 is 0 Å². The van der Waals surface area contributed by atoms with Crippen molar-refractivity contribution in [1.82, 2.24) is 9.88 Å². The van der Waals surface area contributed by atoms with Crippen LogP contribution in [0.2, 0.25) is 0 Å². The van der Waals surface area contributed by atoms with E-state index < -0.39 is 0 Å². The van der Waals surface area contributed by atoms with Crippen molar-refractivity contribution in [3.05, 3.63) is 24.0 Å². The predicted molar refractivity (Wildman–Crippen MR) is 62.6 cm³/mol. The van der Waals surface area contributed by atoms with Crippen LogP contribution in [-0.2, 0) is 13.6 Å². The molecule has 1 aromatic heterocycles. The number of hydrogen-bond acceptors (Lipinski definition) is 2. The molecule has 1 aliphatic carbocycles. The molecular weight excluding hydrogens is 192 g/mol. The van der Waals surface area contributed by atoms with Crippen LogP contribution in [0.1, 0.15) is 18.5 Å². The topological polar surface area (TPSA) is 17.0 Å². The lowest BCUT2D eigenvalue weighted by atomic mass is 10.3. The Morgan fingerprint density at radius 1 is 1.57 bits per heavy atom. The summed E-state index contributed by atoms with van der Waals surface area (Å²) in [5.41, 5.74) is 1.36. The molecule has 2 rings (SSSR count). The van der Waals surface area contributed by atoms with Gasteiger partial charge in [-0.05, 0) is 31.2 Å². The van der Waals surface area contributed by atoms with Gasteiger partial charge in [0.2, 0.25) is 0 Å². The summed E-state index contributed by atoms with van der Waals surface area (Å²) in [6.45, 7) is 2.14. The monoisotopic (exact) mass is 210 g/mol. The van der Waals surface area contributed by atoms with Crippen molar-refractivity contribution in [3.63, 3.8) is 0 Å². The van der Waals surface area contributed by atoms with E-state index in [0.29, 0.717) is 4.75 Å². The molecule has 0 aromatic carbocycles. The highest BCUT2D eigenvalue weighted by Crippen LogP contribution is 2.46. The Labute approximate surface area is 90.1 Å². The van der Waals surface area contributed by atoms with Crippen molar-refractivity contribution in [1.29, 1.82) is 0 Å². The fourth-order valence-corrected chi connectivity index (χ4v) is 2.45. The van der Waals surface area contributed by atoms with Crippen molar-refractivity contribution in [3.8, 4) is 0 Å². The Balaban J connectivity index is 1.76. The van der Waals surface area contributed by atoms with Gasteiger partial charge in [0, 0.05) is 36.8 Å². The zero-order chi connectivity index (χ0) is 10.0. The van der Waals surface area contributed by atoms with E-state index in [-0.39, 0.29) is 0 Å². The van der Waals surface area contributed by atoms with E-state index in [1.807, 2.05) is 11.8 Å². The fourth-order valence-electron chi connectivity index (χ4n) is 1.69. The maximum Gasteiger partial charge on any atom is 0.0359 e. The predicted octanol–water partition coefficient (Wildman–Crippen LogP) is 2.01. The van der Waals surface area contributed by atoms with Crippen molar-refractivity contribution < 1.29 is 0 Å². The van der Waals surface area contributed by atoms with Gasteiger partial charge in [-0.15, -0.1) is 0 Å². The van der Waals surface area contributed by atoms with Crippen LogP contribution >= 0.6 is 11.8 Å². The van der Waals surface area contributed by atoms with E-state index in [2.05, 4.69) is 41.5 Å². The van der Waals surface area contributed by atoms with E-state index in [1.165, 1.54) is 18.5 Å². The highest BCUT2D eigenvalue weighted by atomic mass is 32.2. The molecule has 0 saturated heterocycles. The molecule has 78 valence electrons. The Morgan fingerprint density at radius 2 is 2.36 bits per heavy atom. The van der Waals surface area contributed by atoms with Gasteiger partial charge in [0.1, 0.15) is 0 Å². The Hall–Kier alpha value is -0.410. The largest absolute Gasteiger partial charge is 0.353 e. The molecule has 1 aromatic rings. The first-order valence-corrected chi connectivity index (χ1v) is 6.34. The van der Waals surface area contributed by atoms with Crippen molar-refractivity contribution >= 4 is 11.8 Å². The van der Waals surface area contributed by atoms with Crippen LogP contribution in [0.15, 0.2) is 18.3 Å². The fraction of sp³-hybridized carbons (Fsp3) is 0.636. The normalized spacial score (nSPS) is 18.4. The van der Waals surface area contributed by atoms with Gasteiger partial charge in [0.25, 0.3) is 0 Å². The standard InChI is InChI=1S/C11H18N2S/c1-13-7-3-4-10(13)8-12-9-11(14-2)5-6-11/h3-4,7,12H,5-6,8-9H2,1-2H3. The Bertz CT molecular complexity index is 302. The lowest BCUT2D eigenvalue weighted by Crippen LogP contribution is -2.26. The number of hydrogen-bond donors (Lipinski definition) is 1. The van der Waals surface area contributed by atoms with Gasteiger partial charge in [0.15, 0.2) is 0 Å². The molecule has 0 amide bonds. The molecule has 0 aliphatic heterocycles. The molecule has 0 bridgehead atoms. The zero-order valence-corrected chi connectivity index (χ0v) is 9.73. The minimum absolute atomic E-state index is 0.575. The summed E-state index contributed by atoms with van der Waals surface area (Å²) in [6, 6.07) is 4.27. The smallest absolute Gasteiger partial charge is 0.0359 e. The number of aryl methyl sites for hydroxylation is 1. The molecule has 1 aliphatic rings. The summed E-state index contributed by atoms with van der Waals surface area (Å²) in [6.07, 6.45) is 7.08. The van der Waals surface area contributed by atoms with Crippen LogP contribution in [-0.4, -0.2) is 22.1 Å². The van der Waals surface area contributed by atoms with Crippen LogP contribution in [0.25, 0.3) is 0 Å². The molecule has 0 atom stereocenters. The van der Waals surface area contributed by atoms with Crippen molar-refractivity contribution in [2.75, 3.05) is 12.8 Å². The molecule has 0 radical (unpaired) electrons. The average molecular weight is 210 g/mol. The third kappa shape index (κ3) is 2.15. The number of thioether (sulfide) groups is 1. The molecular formula is C11H18N2S. The van der Waals surface area contributed by atoms with E-state index in [0.717, 1.165) is 13.1 Å². The van der Waals surface area contributed by atoms with Crippen molar-refractivity contribution in [2.45, 2.75) is 24.1 Å². The second-order valence-corrected chi connectivity index (χ2v) is 5.38. The van der Waals surface area contributed by atoms with E-state index in [1.54, 1.807) is 0 Å². The number of aromatic nitrogens is 1. The summed E-state index contributed by atoms with van der Waals surface area (Å²) < 4.78 is 2.75. The minimum Gasteiger partial charge on any atom is -0.353 e. The molecule has 2 nitrogen and oxygen atoms in total. The number of rotatable bonds is 5. The van der Waals surface area contributed by atoms with Gasteiger partial charge in [-0.1, -0.05) is 0 Å². The summed E-state index contributed by atoms with van der Waals surface area (Å²) in [4.78, 5) is 0. The third-order valence-electron chi connectivity index (χ3n) is 3.05. The van der Waals surface area contributed by atoms with Gasteiger partial charge in [-0.3, -0.25) is 0 Å². The maximum atomic E-state index is 3.54. The molecule has 1 heterocycles. The van der Waals surface area contributed by atoms with Gasteiger partial charge in [-0.25, -0.2) is 0 Å². The summed E-state index contributed by atoms with van der Waals surface area (Å²) in [5.74, 6) is 0. The Morgan fingerprint density at radius 3 is 2.86 bits per heavy atom. The van der Waals surface area contributed by atoms with Crippen molar-refractivity contribution in [2.24, 2.45) is 7.05 Å². The van der Waals surface area contributed by atoms with E-state index >= 15 is 0 Å². The summed E-state index contributed by atoms with van der Waals surface area (Å²) in [5, 5.41) is 3.54. The van der Waals surface area contributed by atoms with Crippen LogP contribution in [0.3, 0.4) is 0 Å². The molecule has 3 heteroatoms. The van der Waals surface area contributed by atoms with Crippen LogP contribution in [0.5, 0.6) is 0 Å². The quantitative estimate of drug-likeness (QED) is 0.800. The lowest BCUT2D eigenvalue weighted by molar-refractivity contribution is 0.635. The number of nitrogens with zero attached hydrogens (tertiary/aromatic N) is 1. The van der Waals surface area contributed by atoms with E-state index in [9.17, 15) is 0 Å². The van der Waals surface area contributed by atoms with Gasteiger partial charge < -0.3 is 9.88 Å². The van der Waals surface area contributed by atoms with Gasteiger partial charge in [-0.2, -0.15) is 11.8 Å². The molecule has 0 spiro atoms. The molecule has 1 N–H and O–H groups in total. The highest BCUT2D eigenvalue weighted by Gasteiger charge is 2.41. The van der Waals surface area contributed by atoms with E-state index in [4.69, 9.17) is 0 Å². The highest BCUT2D eigenvalue weighted by molar-refractivity contribution is 8.00. The molecule has 14 heavy (non-hydrogen) atoms. The Kier molecular flexibility index (Phi) is 2.88. The second-order valence-electron chi connectivity index (χ2n) is 4.10. The first-order valence-electron chi connectivity index (χ1n) is 5.12. The summed E-state index contributed by atoms with van der Waals surface area (Å²) in [7, 11) is 2.10. The van der Waals surface area contributed by atoms with Gasteiger partial charge in [0.05, 0.1) is 0 Å².